The molecular formula is C22H37F3N2O6S. The molecule has 1 saturated heterocycles. The maximum absolute atomic E-state index is 13.8. The molecule has 0 aromatic carbocycles. The fourth-order valence-electron chi connectivity index (χ4n) is 3.50. The second-order valence-electron chi connectivity index (χ2n) is 9.62. The van der Waals surface area contributed by atoms with Gasteiger partial charge in [0.1, 0.15) is 35.4 Å². The Morgan fingerprint density at radius 3 is 2.15 bits per heavy atom. The highest BCUT2D eigenvalue weighted by Crippen LogP contribution is 2.45. The quantitative estimate of drug-likeness (QED) is 0.440. The first kappa shape index (κ1) is 29.2. The van der Waals surface area contributed by atoms with Crippen molar-refractivity contribution < 1.29 is 42.0 Å². The van der Waals surface area contributed by atoms with Gasteiger partial charge in [-0.1, -0.05) is 38.5 Å². The monoisotopic (exact) mass is 514 g/mol. The molecule has 8 nitrogen and oxygen atoms in total. The number of nitrogens with one attached hydrogen (secondary N) is 1. The highest BCUT2D eigenvalue weighted by molar-refractivity contribution is 8.14. The first-order valence-electron chi connectivity index (χ1n) is 11.6. The van der Waals surface area contributed by atoms with Gasteiger partial charge in [0.2, 0.25) is 0 Å². The number of amidine groups is 1. The Morgan fingerprint density at radius 2 is 1.65 bits per heavy atom. The minimum absolute atomic E-state index is 0.146. The zero-order chi connectivity index (χ0) is 25.7. The normalized spacial score (nSPS) is 29.2. The summed E-state index contributed by atoms with van der Waals surface area (Å²) in [7, 11) is 0. The second kappa shape index (κ2) is 11.8. The standard InChI is InChI=1S/C22H37F3N2O6S/c1-7-9-11-30-14-13-17(34-18(26-13)27-19(28)33-20(3,4)5)32-16(15(14)31-12-10-8-2)21(6,29)22(23,24)25/h13-17,29H,7-12H2,1-6H3,(H,26,27,28)/t13-,14-,15+,16+,17-,21?/m1/s1. The van der Waals surface area contributed by atoms with E-state index in [1.54, 1.807) is 20.8 Å². The summed E-state index contributed by atoms with van der Waals surface area (Å²) in [6.45, 7) is 10.2. The van der Waals surface area contributed by atoms with Crippen molar-refractivity contribution in [3.8, 4) is 0 Å². The molecule has 0 spiro atoms. The van der Waals surface area contributed by atoms with Crippen LogP contribution in [0.25, 0.3) is 0 Å². The van der Waals surface area contributed by atoms with E-state index in [1.165, 1.54) is 0 Å². The number of fused-ring (bicyclic) bond motifs is 1. The van der Waals surface area contributed by atoms with Gasteiger partial charge in [-0.2, -0.15) is 13.2 Å². The average Bonchev–Trinajstić information content (AvgIpc) is 3.08. The van der Waals surface area contributed by atoms with E-state index in [9.17, 15) is 23.1 Å². The number of unbranched alkanes of at least 4 members (excludes halogenated alkanes) is 2. The summed E-state index contributed by atoms with van der Waals surface area (Å²) in [5, 5.41) is 13.2. The summed E-state index contributed by atoms with van der Waals surface area (Å²) in [5.74, 6) is 0. The summed E-state index contributed by atoms with van der Waals surface area (Å²) in [6, 6.07) is -0.737. The number of ether oxygens (including phenoxy) is 4. The van der Waals surface area contributed by atoms with E-state index in [0.717, 1.165) is 24.6 Å². The van der Waals surface area contributed by atoms with Gasteiger partial charge < -0.3 is 24.1 Å². The van der Waals surface area contributed by atoms with Gasteiger partial charge in [-0.15, -0.1) is 0 Å². The van der Waals surface area contributed by atoms with Crippen LogP contribution in [-0.4, -0.2) is 76.7 Å². The maximum atomic E-state index is 13.8. The molecule has 0 saturated carbocycles. The number of amides is 1. The van der Waals surface area contributed by atoms with E-state index in [1.807, 2.05) is 13.8 Å². The lowest BCUT2D eigenvalue weighted by atomic mass is 9.86. The molecule has 2 aliphatic heterocycles. The van der Waals surface area contributed by atoms with Gasteiger partial charge in [-0.3, -0.25) is 10.3 Å². The van der Waals surface area contributed by atoms with Crippen LogP contribution < -0.4 is 5.32 Å². The number of hydrogen-bond donors (Lipinski definition) is 2. The van der Waals surface area contributed by atoms with E-state index < -0.39 is 53.3 Å². The molecule has 1 unspecified atom stereocenters. The number of hydrogen-bond acceptors (Lipinski definition) is 8. The summed E-state index contributed by atoms with van der Waals surface area (Å²) in [6.07, 6.45) is -6.67. The Hall–Kier alpha value is -1.08. The number of alkyl carbamates (subject to hydrolysis) is 1. The lowest BCUT2D eigenvalue weighted by molar-refractivity contribution is -0.323. The van der Waals surface area contributed by atoms with Crippen molar-refractivity contribution in [1.29, 1.82) is 0 Å². The Labute approximate surface area is 203 Å². The molecule has 0 aromatic heterocycles. The predicted molar refractivity (Wildman–Crippen MR) is 123 cm³/mol. The molecule has 1 amide bonds. The maximum Gasteiger partial charge on any atom is 0.419 e. The summed E-state index contributed by atoms with van der Waals surface area (Å²) in [4.78, 5) is 16.7. The minimum Gasteiger partial charge on any atom is -0.444 e. The van der Waals surface area contributed by atoms with E-state index in [-0.39, 0.29) is 18.4 Å². The molecule has 1 fully saturated rings. The number of halogens is 3. The molecule has 12 heteroatoms. The van der Waals surface area contributed by atoms with Gasteiger partial charge in [-0.25, -0.2) is 4.79 Å². The number of aliphatic imine (C=N–C) groups is 1. The highest BCUT2D eigenvalue weighted by Gasteiger charge is 2.64. The molecule has 2 N–H and O–H groups in total. The van der Waals surface area contributed by atoms with E-state index in [0.29, 0.717) is 19.8 Å². The number of rotatable bonds is 9. The number of alkyl halides is 3. The third kappa shape index (κ3) is 7.46. The average molecular weight is 515 g/mol. The van der Waals surface area contributed by atoms with Gasteiger partial charge in [0, 0.05) is 13.2 Å². The van der Waals surface area contributed by atoms with Crippen molar-refractivity contribution in [2.75, 3.05) is 13.2 Å². The van der Waals surface area contributed by atoms with Gasteiger partial charge in [0.25, 0.3) is 0 Å². The van der Waals surface area contributed by atoms with E-state index in [4.69, 9.17) is 18.9 Å². The molecule has 2 heterocycles. The van der Waals surface area contributed by atoms with Crippen molar-refractivity contribution >= 4 is 23.0 Å². The van der Waals surface area contributed by atoms with Crippen LogP contribution in [0.5, 0.6) is 0 Å². The fraction of sp³-hybridized carbons (Fsp3) is 0.909. The van der Waals surface area contributed by atoms with Crippen LogP contribution >= 0.6 is 11.8 Å². The first-order chi connectivity index (χ1) is 15.7. The van der Waals surface area contributed by atoms with E-state index >= 15 is 0 Å². The third-order valence-corrected chi connectivity index (χ3v) is 6.42. The Balaban J connectivity index is 2.34. The van der Waals surface area contributed by atoms with Gasteiger partial charge in [-0.05, 0) is 40.5 Å². The largest absolute Gasteiger partial charge is 0.444 e. The molecular weight excluding hydrogens is 477 g/mol. The van der Waals surface area contributed by atoms with Crippen molar-refractivity contribution in [2.45, 2.75) is 114 Å². The fourth-order valence-corrected chi connectivity index (χ4v) is 4.58. The first-order valence-corrected chi connectivity index (χ1v) is 12.5. The number of thioether (sulfide) groups is 1. The lowest BCUT2D eigenvalue weighted by Gasteiger charge is -2.47. The van der Waals surface area contributed by atoms with E-state index in [2.05, 4.69) is 10.3 Å². The number of carbonyl (C=O) groups excluding carboxylic acids is 1. The third-order valence-electron chi connectivity index (χ3n) is 5.36. The van der Waals surface area contributed by atoms with Crippen LogP contribution in [0, 0.1) is 0 Å². The number of aliphatic hydroxyl groups is 1. The van der Waals surface area contributed by atoms with Crippen LogP contribution in [-0.2, 0) is 18.9 Å². The predicted octanol–water partition coefficient (Wildman–Crippen LogP) is 4.39. The van der Waals surface area contributed by atoms with Crippen molar-refractivity contribution in [3.63, 3.8) is 0 Å². The second-order valence-corrected chi connectivity index (χ2v) is 10.7. The van der Waals surface area contributed by atoms with Crippen molar-refractivity contribution in [1.82, 2.24) is 5.32 Å². The van der Waals surface area contributed by atoms with Gasteiger partial charge in [0.15, 0.2) is 10.8 Å². The number of nitrogens with zero attached hydrogens (tertiary/aromatic N) is 1. The van der Waals surface area contributed by atoms with Crippen LogP contribution in [0.15, 0.2) is 4.99 Å². The molecule has 198 valence electrons. The number of carbonyl (C=O) groups is 1. The molecule has 0 radical (unpaired) electrons. The zero-order valence-corrected chi connectivity index (χ0v) is 21.4. The van der Waals surface area contributed by atoms with Gasteiger partial charge >= 0.3 is 12.3 Å². The molecule has 6 atom stereocenters. The van der Waals surface area contributed by atoms with Crippen LogP contribution in [0.2, 0.25) is 0 Å². The topological polar surface area (TPSA) is 98.6 Å². The van der Waals surface area contributed by atoms with Crippen molar-refractivity contribution in [3.05, 3.63) is 0 Å². The van der Waals surface area contributed by atoms with Crippen LogP contribution in [0.4, 0.5) is 18.0 Å². The Kier molecular flexibility index (Phi) is 10.1. The summed E-state index contributed by atoms with van der Waals surface area (Å²) in [5.41, 5.74) is -4.85. The Morgan fingerprint density at radius 1 is 1.09 bits per heavy atom. The van der Waals surface area contributed by atoms with Gasteiger partial charge in [0.05, 0.1) is 0 Å². The molecule has 0 aliphatic carbocycles. The summed E-state index contributed by atoms with van der Waals surface area (Å²) < 4.78 is 64.4. The smallest absolute Gasteiger partial charge is 0.419 e. The lowest BCUT2D eigenvalue weighted by Crippen LogP contribution is -2.67. The molecule has 0 bridgehead atoms. The highest BCUT2D eigenvalue weighted by atomic mass is 32.2. The molecule has 0 aromatic rings. The minimum atomic E-state index is -4.97. The summed E-state index contributed by atoms with van der Waals surface area (Å²) >= 11 is 0.955. The van der Waals surface area contributed by atoms with Crippen molar-refractivity contribution in [2.24, 2.45) is 4.99 Å². The molecule has 34 heavy (non-hydrogen) atoms. The molecule has 2 aliphatic rings. The van der Waals surface area contributed by atoms with Crippen LogP contribution in [0.1, 0.15) is 67.2 Å². The van der Waals surface area contributed by atoms with Crippen LogP contribution in [0.3, 0.4) is 0 Å². The zero-order valence-electron chi connectivity index (χ0n) is 20.6. The molecule has 2 rings (SSSR count). The SMILES string of the molecule is CCCCO[C@@H]1[C@H]2N=C(NC(=O)OC(C)(C)C)S[C@H]2O[C@H](C(C)(O)C(F)(F)F)[C@H]1OCCCC. The Bertz CT molecular complexity index is 714.